The molecule has 6 heteroatoms. The molecule has 108 valence electrons. The Kier molecular flexibility index (Phi) is 4.82. The molecule has 21 heavy (non-hydrogen) atoms. The molecular weight excluding hydrogens is 366 g/mol. The van der Waals surface area contributed by atoms with Crippen molar-refractivity contribution in [3.63, 3.8) is 0 Å². The summed E-state index contributed by atoms with van der Waals surface area (Å²) in [5.41, 5.74) is 5.06. The molecule has 0 aliphatic heterocycles. The second kappa shape index (κ2) is 6.81. The Bertz CT molecular complexity index is 709. The van der Waals surface area contributed by atoms with Gasteiger partial charge >= 0.3 is 0 Å². The Hall–Kier alpha value is -1.05. The van der Waals surface area contributed by atoms with Gasteiger partial charge in [-0.2, -0.15) is 0 Å². The predicted molar refractivity (Wildman–Crippen MR) is 93.3 cm³/mol. The number of thiophene rings is 1. The molecule has 0 saturated carbocycles. The van der Waals surface area contributed by atoms with Gasteiger partial charge in [-0.1, -0.05) is 30.3 Å². The van der Waals surface area contributed by atoms with Gasteiger partial charge in [0, 0.05) is 32.1 Å². The Balaban J connectivity index is 1.77. The van der Waals surface area contributed by atoms with E-state index in [4.69, 9.17) is 10.8 Å². The molecule has 0 bridgehead atoms. The minimum absolute atomic E-state index is 0.0936. The maximum Gasteiger partial charge on any atom is 0.0952 e. The number of rotatable bonds is 5. The Morgan fingerprint density at radius 2 is 2.00 bits per heavy atom. The monoisotopic (exact) mass is 379 g/mol. The van der Waals surface area contributed by atoms with Crippen LogP contribution in [0, 0.1) is 0 Å². The highest BCUT2D eigenvalue weighted by Gasteiger charge is 2.15. The fraction of sp³-hybridized carbons (Fsp3) is 0.133. The van der Waals surface area contributed by atoms with Gasteiger partial charge in [0.15, 0.2) is 0 Å². The van der Waals surface area contributed by atoms with Crippen molar-refractivity contribution in [2.75, 3.05) is 0 Å². The lowest BCUT2D eigenvalue weighted by Gasteiger charge is -2.12. The summed E-state index contributed by atoms with van der Waals surface area (Å²) < 4.78 is 1.09. The van der Waals surface area contributed by atoms with Crippen molar-refractivity contribution >= 4 is 38.6 Å². The molecule has 0 aliphatic carbocycles. The largest absolute Gasteiger partial charge is 0.271 e. The molecule has 1 unspecified atom stereocenters. The molecule has 0 amide bonds. The predicted octanol–water partition coefficient (Wildman–Crippen LogP) is 4.38. The molecule has 0 fully saturated rings. The fourth-order valence-corrected chi connectivity index (χ4v) is 4.43. The maximum absolute atomic E-state index is 5.70. The van der Waals surface area contributed by atoms with Crippen LogP contribution < -0.4 is 11.3 Å². The van der Waals surface area contributed by atoms with Crippen molar-refractivity contribution in [2.24, 2.45) is 5.84 Å². The van der Waals surface area contributed by atoms with Crippen LogP contribution in [0.1, 0.15) is 15.9 Å². The number of halogens is 1. The van der Waals surface area contributed by atoms with Gasteiger partial charge in [-0.15, -0.1) is 22.7 Å². The second-order valence-electron chi connectivity index (χ2n) is 4.58. The molecule has 0 aliphatic rings. The highest BCUT2D eigenvalue weighted by atomic mass is 79.9. The van der Waals surface area contributed by atoms with E-state index in [0.717, 1.165) is 27.2 Å². The second-order valence-corrected chi connectivity index (χ2v) is 7.38. The third kappa shape index (κ3) is 3.59. The van der Waals surface area contributed by atoms with E-state index in [0.29, 0.717) is 0 Å². The zero-order valence-corrected chi connectivity index (χ0v) is 14.3. The lowest BCUT2D eigenvalue weighted by molar-refractivity contribution is 0.559. The molecule has 1 atom stereocenters. The lowest BCUT2D eigenvalue weighted by Crippen LogP contribution is -2.28. The van der Waals surface area contributed by atoms with Crippen molar-refractivity contribution in [2.45, 2.75) is 12.5 Å². The fourth-order valence-electron chi connectivity index (χ4n) is 2.07. The van der Waals surface area contributed by atoms with Crippen LogP contribution in [0.2, 0.25) is 0 Å². The van der Waals surface area contributed by atoms with Gasteiger partial charge in [-0.3, -0.25) is 11.3 Å². The first-order valence-corrected chi connectivity index (χ1v) is 9.01. The number of hydrogen-bond donors (Lipinski definition) is 2. The number of nitrogens with zero attached hydrogens (tertiary/aromatic N) is 1. The molecule has 0 spiro atoms. The van der Waals surface area contributed by atoms with Gasteiger partial charge in [-0.25, -0.2) is 4.98 Å². The summed E-state index contributed by atoms with van der Waals surface area (Å²) in [4.78, 5) is 5.93. The third-order valence-corrected chi connectivity index (χ3v) is 5.81. The molecule has 2 aromatic heterocycles. The number of hydrazine groups is 1. The molecule has 1 aromatic carbocycles. The summed E-state index contributed by atoms with van der Waals surface area (Å²) in [6, 6.07) is 12.4. The molecule has 0 saturated heterocycles. The van der Waals surface area contributed by atoms with Gasteiger partial charge in [-0.05, 0) is 22.0 Å². The van der Waals surface area contributed by atoms with Crippen molar-refractivity contribution in [1.82, 2.24) is 10.4 Å². The van der Waals surface area contributed by atoms with Crippen molar-refractivity contribution in [3.05, 3.63) is 61.5 Å². The average Bonchev–Trinajstić information content (AvgIpc) is 3.15. The van der Waals surface area contributed by atoms with Crippen LogP contribution in [-0.4, -0.2) is 4.98 Å². The van der Waals surface area contributed by atoms with Crippen LogP contribution in [0.4, 0.5) is 0 Å². The van der Waals surface area contributed by atoms with Crippen molar-refractivity contribution < 1.29 is 0 Å². The number of nitrogens with two attached hydrogens (primary N) is 1. The smallest absolute Gasteiger partial charge is 0.0952 e. The summed E-state index contributed by atoms with van der Waals surface area (Å²) in [5.74, 6) is 5.70. The van der Waals surface area contributed by atoms with Crippen LogP contribution in [0.5, 0.6) is 0 Å². The first-order chi connectivity index (χ1) is 10.3. The number of thiazole rings is 1. The number of nitrogens with one attached hydrogen (secondary N) is 1. The maximum atomic E-state index is 5.70. The SMILES string of the molecule is NNC(Cc1nc(-c2ccccc2)cs1)c1cc(Br)cs1. The quantitative estimate of drug-likeness (QED) is 0.510. The van der Waals surface area contributed by atoms with Gasteiger partial charge in [0.05, 0.1) is 16.7 Å². The summed E-state index contributed by atoms with van der Waals surface area (Å²) in [5, 5.41) is 5.25. The molecule has 3 rings (SSSR count). The van der Waals surface area contributed by atoms with Gasteiger partial charge in [0.1, 0.15) is 0 Å². The minimum atomic E-state index is 0.0936. The Morgan fingerprint density at radius 3 is 2.67 bits per heavy atom. The number of aromatic nitrogens is 1. The normalized spacial score (nSPS) is 12.5. The minimum Gasteiger partial charge on any atom is -0.271 e. The van der Waals surface area contributed by atoms with E-state index in [-0.39, 0.29) is 6.04 Å². The van der Waals surface area contributed by atoms with Gasteiger partial charge in [0.25, 0.3) is 0 Å². The third-order valence-electron chi connectivity index (χ3n) is 3.13. The van der Waals surface area contributed by atoms with Crippen molar-refractivity contribution in [1.29, 1.82) is 0 Å². The summed E-state index contributed by atoms with van der Waals surface area (Å²) in [6.45, 7) is 0. The van der Waals surface area contributed by atoms with Gasteiger partial charge in [0.2, 0.25) is 0 Å². The highest BCUT2D eigenvalue weighted by molar-refractivity contribution is 9.10. The van der Waals surface area contributed by atoms with Crippen LogP contribution in [0.25, 0.3) is 11.3 Å². The molecular formula is C15H14BrN3S2. The highest BCUT2D eigenvalue weighted by Crippen LogP contribution is 2.29. The first kappa shape index (κ1) is 14.9. The topological polar surface area (TPSA) is 50.9 Å². The Labute approximate surface area is 140 Å². The van der Waals surface area contributed by atoms with E-state index in [9.17, 15) is 0 Å². The van der Waals surface area contributed by atoms with E-state index >= 15 is 0 Å². The summed E-state index contributed by atoms with van der Waals surface area (Å²) >= 11 is 6.85. The Morgan fingerprint density at radius 1 is 1.19 bits per heavy atom. The number of hydrogen-bond acceptors (Lipinski definition) is 5. The standard InChI is InChI=1S/C15H14BrN3S2/c16-11-6-14(20-8-11)12(19-17)7-15-18-13(9-21-15)10-4-2-1-3-5-10/h1-6,8-9,12,19H,7,17H2. The van der Waals surface area contributed by atoms with Crippen LogP contribution in [-0.2, 0) is 6.42 Å². The van der Waals surface area contributed by atoms with Crippen LogP contribution in [0.15, 0.2) is 51.6 Å². The number of benzene rings is 1. The zero-order chi connectivity index (χ0) is 14.7. The first-order valence-electron chi connectivity index (χ1n) is 6.46. The molecule has 3 N–H and O–H groups in total. The summed E-state index contributed by atoms with van der Waals surface area (Å²) in [7, 11) is 0. The lowest BCUT2D eigenvalue weighted by atomic mass is 10.1. The van der Waals surface area contributed by atoms with Crippen molar-refractivity contribution in [3.8, 4) is 11.3 Å². The molecule has 3 aromatic rings. The summed E-state index contributed by atoms with van der Waals surface area (Å²) in [6.07, 6.45) is 0.793. The average molecular weight is 380 g/mol. The van der Waals surface area contributed by atoms with E-state index < -0.39 is 0 Å². The van der Waals surface area contributed by atoms with Crippen LogP contribution in [0.3, 0.4) is 0 Å². The van der Waals surface area contributed by atoms with Crippen LogP contribution >= 0.6 is 38.6 Å². The zero-order valence-electron chi connectivity index (χ0n) is 11.1. The molecule has 2 heterocycles. The molecule has 0 radical (unpaired) electrons. The van der Waals surface area contributed by atoms with E-state index in [1.54, 1.807) is 22.7 Å². The molecule has 3 nitrogen and oxygen atoms in total. The van der Waals surface area contributed by atoms with E-state index in [1.807, 2.05) is 18.2 Å². The van der Waals surface area contributed by atoms with Gasteiger partial charge < -0.3 is 0 Å². The van der Waals surface area contributed by atoms with E-state index in [1.165, 1.54) is 4.88 Å². The van der Waals surface area contributed by atoms with E-state index in [2.05, 4.69) is 50.3 Å².